The van der Waals surface area contributed by atoms with Gasteiger partial charge in [0, 0.05) is 30.8 Å². The minimum Gasteiger partial charge on any atom is -0.350 e. The summed E-state index contributed by atoms with van der Waals surface area (Å²) in [5, 5.41) is 5.77. The molecule has 0 saturated carbocycles. The van der Waals surface area contributed by atoms with Gasteiger partial charge in [-0.2, -0.15) is 0 Å². The average Bonchev–Trinajstić information content (AvgIpc) is 2.81. The summed E-state index contributed by atoms with van der Waals surface area (Å²) < 4.78 is 0. The van der Waals surface area contributed by atoms with Crippen LogP contribution < -0.4 is 10.6 Å². The SMILES string of the molecule is Cc1cccc(C(=O)NC(C(=O)NCc2ccc(C(=O)N3CCCCC3)cc2)C(C)C)c1. The van der Waals surface area contributed by atoms with Gasteiger partial charge in [-0.1, -0.05) is 43.7 Å². The van der Waals surface area contributed by atoms with Crippen LogP contribution in [-0.4, -0.2) is 41.8 Å². The van der Waals surface area contributed by atoms with Crippen LogP contribution in [0.5, 0.6) is 0 Å². The molecule has 0 aromatic heterocycles. The number of aryl methyl sites for hydroxylation is 1. The van der Waals surface area contributed by atoms with Crippen molar-refractivity contribution in [3.8, 4) is 0 Å². The van der Waals surface area contributed by atoms with Crippen molar-refractivity contribution in [3.63, 3.8) is 0 Å². The molecule has 2 aromatic carbocycles. The van der Waals surface area contributed by atoms with Crippen LogP contribution in [0.2, 0.25) is 0 Å². The summed E-state index contributed by atoms with van der Waals surface area (Å²) in [6, 6.07) is 14.0. The van der Waals surface area contributed by atoms with E-state index < -0.39 is 6.04 Å². The van der Waals surface area contributed by atoms with E-state index in [1.165, 1.54) is 6.42 Å². The highest BCUT2D eigenvalue weighted by molar-refractivity contribution is 5.97. The molecule has 1 atom stereocenters. The van der Waals surface area contributed by atoms with E-state index in [0.717, 1.165) is 37.1 Å². The number of nitrogens with zero attached hydrogens (tertiary/aromatic N) is 1. The largest absolute Gasteiger partial charge is 0.350 e. The molecule has 0 aliphatic carbocycles. The minimum atomic E-state index is -0.636. The predicted octanol–water partition coefficient (Wildman–Crippen LogP) is 3.69. The van der Waals surface area contributed by atoms with Crippen LogP contribution in [0, 0.1) is 12.8 Å². The fourth-order valence-corrected chi connectivity index (χ4v) is 3.89. The molecule has 0 bridgehead atoms. The standard InChI is InChI=1S/C26H33N3O3/c1-18(2)23(28-24(30)22-9-7-8-19(3)16-22)25(31)27-17-20-10-12-21(13-11-20)26(32)29-14-5-4-6-15-29/h7-13,16,18,23H,4-6,14-15,17H2,1-3H3,(H,27,31)(H,28,30). The first-order valence-corrected chi connectivity index (χ1v) is 11.4. The molecule has 32 heavy (non-hydrogen) atoms. The van der Waals surface area contributed by atoms with Crippen LogP contribution >= 0.6 is 0 Å². The third kappa shape index (κ3) is 6.19. The van der Waals surface area contributed by atoms with E-state index in [9.17, 15) is 14.4 Å². The lowest BCUT2D eigenvalue weighted by atomic mass is 10.0. The Bertz CT molecular complexity index is 947. The summed E-state index contributed by atoms with van der Waals surface area (Å²) in [5.41, 5.74) is 3.11. The van der Waals surface area contributed by atoms with Crippen LogP contribution in [0.3, 0.4) is 0 Å². The summed E-state index contributed by atoms with van der Waals surface area (Å²) in [6.07, 6.45) is 3.31. The van der Waals surface area contributed by atoms with Crippen molar-refractivity contribution in [3.05, 3.63) is 70.8 Å². The van der Waals surface area contributed by atoms with E-state index in [0.29, 0.717) is 17.7 Å². The number of likely N-dealkylation sites (tertiary alicyclic amines) is 1. The van der Waals surface area contributed by atoms with Gasteiger partial charge in [-0.3, -0.25) is 14.4 Å². The Morgan fingerprint density at radius 1 is 0.938 bits per heavy atom. The highest BCUT2D eigenvalue weighted by Crippen LogP contribution is 2.14. The Morgan fingerprint density at radius 2 is 1.62 bits per heavy atom. The van der Waals surface area contributed by atoms with Crippen molar-refractivity contribution in [2.24, 2.45) is 5.92 Å². The molecule has 3 amide bonds. The van der Waals surface area contributed by atoms with Crippen molar-refractivity contribution in [2.75, 3.05) is 13.1 Å². The highest BCUT2D eigenvalue weighted by Gasteiger charge is 2.24. The van der Waals surface area contributed by atoms with Gasteiger partial charge in [0.1, 0.15) is 6.04 Å². The van der Waals surface area contributed by atoms with E-state index in [4.69, 9.17) is 0 Å². The Labute approximate surface area is 190 Å². The lowest BCUT2D eigenvalue weighted by Crippen LogP contribution is -2.49. The topological polar surface area (TPSA) is 78.5 Å². The van der Waals surface area contributed by atoms with Gasteiger partial charge in [-0.05, 0) is 61.9 Å². The molecule has 6 nitrogen and oxygen atoms in total. The van der Waals surface area contributed by atoms with Gasteiger partial charge in [-0.25, -0.2) is 0 Å². The molecule has 3 rings (SSSR count). The normalized spacial score (nSPS) is 14.7. The van der Waals surface area contributed by atoms with Gasteiger partial charge in [-0.15, -0.1) is 0 Å². The van der Waals surface area contributed by atoms with Gasteiger partial charge in [0.2, 0.25) is 5.91 Å². The van der Waals surface area contributed by atoms with E-state index in [2.05, 4.69) is 10.6 Å². The van der Waals surface area contributed by atoms with Gasteiger partial charge in [0.05, 0.1) is 0 Å². The van der Waals surface area contributed by atoms with Crippen molar-refractivity contribution in [1.82, 2.24) is 15.5 Å². The number of benzene rings is 2. The van der Waals surface area contributed by atoms with Crippen molar-refractivity contribution in [1.29, 1.82) is 0 Å². The molecule has 1 fully saturated rings. The Hall–Kier alpha value is -3.15. The summed E-state index contributed by atoms with van der Waals surface area (Å²) in [7, 11) is 0. The van der Waals surface area contributed by atoms with Gasteiger partial charge in [0.15, 0.2) is 0 Å². The van der Waals surface area contributed by atoms with Crippen molar-refractivity contribution >= 4 is 17.7 Å². The lowest BCUT2D eigenvalue weighted by molar-refractivity contribution is -0.124. The maximum Gasteiger partial charge on any atom is 0.253 e. The third-order valence-corrected chi connectivity index (χ3v) is 5.83. The van der Waals surface area contributed by atoms with Crippen LogP contribution in [0.1, 0.15) is 65.0 Å². The number of hydrogen-bond acceptors (Lipinski definition) is 3. The molecule has 2 aromatic rings. The molecule has 1 heterocycles. The molecular formula is C26H33N3O3. The zero-order chi connectivity index (χ0) is 23.1. The van der Waals surface area contributed by atoms with Crippen molar-refractivity contribution < 1.29 is 14.4 Å². The maximum atomic E-state index is 12.8. The van der Waals surface area contributed by atoms with Gasteiger partial charge < -0.3 is 15.5 Å². The number of carbonyl (C=O) groups is 3. The van der Waals surface area contributed by atoms with Crippen LogP contribution in [0.15, 0.2) is 48.5 Å². The number of piperidine rings is 1. The van der Waals surface area contributed by atoms with Crippen LogP contribution in [0.25, 0.3) is 0 Å². The monoisotopic (exact) mass is 435 g/mol. The van der Waals surface area contributed by atoms with Gasteiger partial charge >= 0.3 is 0 Å². The third-order valence-electron chi connectivity index (χ3n) is 5.83. The first-order valence-electron chi connectivity index (χ1n) is 11.4. The maximum absolute atomic E-state index is 12.8. The second-order valence-electron chi connectivity index (χ2n) is 8.83. The zero-order valence-electron chi connectivity index (χ0n) is 19.2. The molecule has 170 valence electrons. The molecule has 2 N–H and O–H groups in total. The first-order chi connectivity index (χ1) is 15.3. The fraction of sp³-hybridized carbons (Fsp3) is 0.423. The summed E-state index contributed by atoms with van der Waals surface area (Å²) in [6.45, 7) is 7.71. The second-order valence-corrected chi connectivity index (χ2v) is 8.83. The summed E-state index contributed by atoms with van der Waals surface area (Å²) >= 11 is 0. The molecule has 0 radical (unpaired) electrons. The highest BCUT2D eigenvalue weighted by atomic mass is 16.2. The first kappa shape index (κ1) is 23.5. The van der Waals surface area contributed by atoms with Gasteiger partial charge in [0.25, 0.3) is 11.8 Å². The lowest BCUT2D eigenvalue weighted by Gasteiger charge is -2.26. The number of nitrogens with one attached hydrogen (secondary N) is 2. The summed E-state index contributed by atoms with van der Waals surface area (Å²) in [5.74, 6) is -0.482. The Kier molecular flexibility index (Phi) is 8.03. The predicted molar refractivity (Wildman–Crippen MR) is 125 cm³/mol. The number of carbonyl (C=O) groups excluding carboxylic acids is 3. The molecule has 0 spiro atoms. The van der Waals surface area contributed by atoms with E-state index in [-0.39, 0.29) is 23.6 Å². The zero-order valence-corrected chi connectivity index (χ0v) is 19.2. The second kappa shape index (κ2) is 10.9. The molecule has 1 aliphatic heterocycles. The number of amides is 3. The average molecular weight is 436 g/mol. The van der Waals surface area contributed by atoms with E-state index >= 15 is 0 Å². The summed E-state index contributed by atoms with van der Waals surface area (Å²) in [4.78, 5) is 39.9. The van der Waals surface area contributed by atoms with E-state index in [1.807, 2.05) is 62.1 Å². The molecular weight excluding hydrogens is 402 g/mol. The Balaban J connectivity index is 1.56. The molecule has 1 unspecified atom stereocenters. The quantitative estimate of drug-likeness (QED) is 0.696. The fourth-order valence-electron chi connectivity index (χ4n) is 3.89. The van der Waals surface area contributed by atoms with E-state index in [1.54, 1.807) is 12.1 Å². The van der Waals surface area contributed by atoms with Crippen LogP contribution in [-0.2, 0) is 11.3 Å². The Morgan fingerprint density at radius 3 is 2.25 bits per heavy atom. The molecule has 1 aliphatic rings. The minimum absolute atomic E-state index is 0.0618. The number of hydrogen-bond donors (Lipinski definition) is 2. The van der Waals surface area contributed by atoms with Crippen LogP contribution in [0.4, 0.5) is 0 Å². The smallest absolute Gasteiger partial charge is 0.253 e. The molecule has 6 heteroatoms. The van der Waals surface area contributed by atoms with Crippen molar-refractivity contribution in [2.45, 2.75) is 52.6 Å². The number of rotatable bonds is 7. The molecule has 1 saturated heterocycles.